The van der Waals surface area contributed by atoms with Gasteiger partial charge in [-0.15, -0.1) is 0 Å². The number of amides is 5. The summed E-state index contributed by atoms with van der Waals surface area (Å²) >= 11 is 0. The van der Waals surface area contributed by atoms with E-state index in [0.29, 0.717) is 32.4 Å². The number of fused-ring (bicyclic) bond motifs is 1. The first kappa shape index (κ1) is 25.6. The van der Waals surface area contributed by atoms with E-state index in [1.54, 1.807) is 5.48 Å². The standard InChI is InChI=1S/C24H35N5O5/c1-15(2)12-19(18(22(31)27-34)11-7-10-17-8-5-4-6-9-17)21(30)26-29-23(32)20-14-25-13-16(3)28(20)24(29)33/h4-6,8-9,15-16,18-20,25,34H,7,10-14H2,1-3H3,(H,26,30)(H,27,31)/t16?,18-,19+,20?/m0/s1. The summed E-state index contributed by atoms with van der Waals surface area (Å²) < 4.78 is 0. The first-order valence-electron chi connectivity index (χ1n) is 11.9. The van der Waals surface area contributed by atoms with E-state index in [2.05, 4.69) is 10.7 Å². The van der Waals surface area contributed by atoms with Crippen molar-refractivity contribution in [2.75, 3.05) is 13.1 Å². The van der Waals surface area contributed by atoms with Crippen molar-refractivity contribution in [2.45, 2.75) is 58.5 Å². The molecule has 3 rings (SSSR count). The van der Waals surface area contributed by atoms with Crippen LogP contribution in [0.1, 0.15) is 45.6 Å². The van der Waals surface area contributed by atoms with Crippen LogP contribution in [0.5, 0.6) is 0 Å². The van der Waals surface area contributed by atoms with E-state index in [4.69, 9.17) is 0 Å². The SMILES string of the molecule is CC(C)C[C@@H](C(=O)NN1C(=O)C2CNCC(C)N2C1=O)[C@H](CCCc1ccccc1)C(=O)NO. The monoisotopic (exact) mass is 473 g/mol. The van der Waals surface area contributed by atoms with Crippen molar-refractivity contribution in [3.05, 3.63) is 35.9 Å². The van der Waals surface area contributed by atoms with Gasteiger partial charge in [0, 0.05) is 19.1 Å². The van der Waals surface area contributed by atoms with E-state index in [0.717, 1.165) is 17.0 Å². The Labute approximate surface area is 200 Å². The fourth-order valence-corrected chi connectivity index (χ4v) is 4.85. The lowest BCUT2D eigenvalue weighted by atomic mass is 9.81. The first-order chi connectivity index (χ1) is 16.2. The van der Waals surface area contributed by atoms with Gasteiger partial charge in [-0.3, -0.25) is 25.0 Å². The molecule has 1 aromatic rings. The fraction of sp³-hybridized carbons (Fsp3) is 0.583. The maximum atomic E-state index is 13.4. The number of imide groups is 1. The Kier molecular flexibility index (Phi) is 8.62. The number of urea groups is 1. The smallest absolute Gasteiger partial charge is 0.312 e. The van der Waals surface area contributed by atoms with Crippen molar-refractivity contribution in [1.82, 2.24) is 26.1 Å². The van der Waals surface area contributed by atoms with E-state index in [1.165, 1.54) is 4.90 Å². The number of hydroxylamine groups is 1. The van der Waals surface area contributed by atoms with Gasteiger partial charge in [-0.25, -0.2) is 10.3 Å². The summed E-state index contributed by atoms with van der Waals surface area (Å²) in [4.78, 5) is 53.2. The molecule has 4 N–H and O–H groups in total. The van der Waals surface area contributed by atoms with Gasteiger partial charge in [0.15, 0.2) is 0 Å². The molecule has 2 aliphatic rings. The van der Waals surface area contributed by atoms with Crippen LogP contribution in [-0.2, 0) is 20.8 Å². The number of nitrogens with zero attached hydrogens (tertiary/aromatic N) is 2. The van der Waals surface area contributed by atoms with Gasteiger partial charge in [0.05, 0.1) is 11.8 Å². The van der Waals surface area contributed by atoms with E-state index < -0.39 is 41.6 Å². The third-order valence-electron chi connectivity index (χ3n) is 6.55. The van der Waals surface area contributed by atoms with E-state index in [-0.39, 0.29) is 12.0 Å². The minimum absolute atomic E-state index is 0.0689. The number of hydrogen-bond donors (Lipinski definition) is 4. The molecule has 10 heteroatoms. The largest absolute Gasteiger partial charge is 0.347 e. The lowest BCUT2D eigenvalue weighted by Crippen LogP contribution is -2.56. The molecule has 186 valence electrons. The highest BCUT2D eigenvalue weighted by Gasteiger charge is 2.50. The lowest BCUT2D eigenvalue weighted by Gasteiger charge is -2.33. The molecular weight excluding hydrogens is 438 g/mol. The summed E-state index contributed by atoms with van der Waals surface area (Å²) in [5, 5.41) is 13.3. The second-order valence-electron chi connectivity index (χ2n) is 9.56. The maximum Gasteiger partial charge on any atom is 0.347 e. The molecule has 5 amide bonds. The predicted octanol–water partition coefficient (Wildman–Crippen LogP) is 1.45. The van der Waals surface area contributed by atoms with Crippen molar-refractivity contribution in [2.24, 2.45) is 17.8 Å². The summed E-state index contributed by atoms with van der Waals surface area (Å²) in [5.41, 5.74) is 5.30. The Hall–Kier alpha value is -2.98. The van der Waals surface area contributed by atoms with Gasteiger partial charge in [0.2, 0.25) is 11.8 Å². The van der Waals surface area contributed by atoms with Crippen LogP contribution >= 0.6 is 0 Å². The molecule has 2 fully saturated rings. The zero-order valence-corrected chi connectivity index (χ0v) is 20.0. The molecule has 0 bridgehead atoms. The number of hydrazine groups is 1. The molecule has 10 nitrogen and oxygen atoms in total. The van der Waals surface area contributed by atoms with Crippen LogP contribution in [0.3, 0.4) is 0 Å². The Morgan fingerprint density at radius 2 is 1.82 bits per heavy atom. The van der Waals surface area contributed by atoms with Gasteiger partial charge >= 0.3 is 6.03 Å². The molecular formula is C24H35N5O5. The molecule has 0 aromatic heterocycles. The second kappa shape index (κ2) is 11.4. The quantitative estimate of drug-likeness (QED) is 0.231. The number of aryl methyl sites for hydroxylation is 1. The molecule has 2 aliphatic heterocycles. The molecule has 0 saturated carbocycles. The molecule has 0 radical (unpaired) electrons. The normalized spacial score (nSPS) is 21.9. The molecule has 34 heavy (non-hydrogen) atoms. The second-order valence-corrected chi connectivity index (χ2v) is 9.56. The van der Waals surface area contributed by atoms with Crippen molar-refractivity contribution in [3.63, 3.8) is 0 Å². The van der Waals surface area contributed by atoms with Gasteiger partial charge in [-0.2, -0.15) is 5.01 Å². The Bertz CT molecular complexity index is 893. The fourth-order valence-electron chi connectivity index (χ4n) is 4.85. The highest BCUT2D eigenvalue weighted by atomic mass is 16.5. The topological polar surface area (TPSA) is 131 Å². The molecule has 0 aliphatic carbocycles. The average molecular weight is 474 g/mol. The summed E-state index contributed by atoms with van der Waals surface area (Å²) in [7, 11) is 0. The maximum absolute atomic E-state index is 13.4. The van der Waals surface area contributed by atoms with Gasteiger partial charge in [-0.1, -0.05) is 44.2 Å². The Morgan fingerprint density at radius 1 is 1.12 bits per heavy atom. The number of benzene rings is 1. The molecule has 2 unspecified atom stereocenters. The van der Waals surface area contributed by atoms with Crippen LogP contribution in [0.4, 0.5) is 4.79 Å². The van der Waals surface area contributed by atoms with Crippen LogP contribution in [-0.4, -0.2) is 64.0 Å². The summed E-state index contributed by atoms with van der Waals surface area (Å²) in [5.74, 6) is -3.29. The van der Waals surface area contributed by atoms with Gasteiger partial charge in [-0.05, 0) is 44.1 Å². The first-order valence-corrected chi connectivity index (χ1v) is 11.9. The third-order valence-corrected chi connectivity index (χ3v) is 6.55. The van der Waals surface area contributed by atoms with Crippen LogP contribution in [0.2, 0.25) is 0 Å². The number of nitrogens with one attached hydrogen (secondary N) is 3. The summed E-state index contributed by atoms with van der Waals surface area (Å²) in [6.07, 6.45) is 2.07. The summed E-state index contributed by atoms with van der Waals surface area (Å²) in [6, 6.07) is 8.39. The van der Waals surface area contributed by atoms with Crippen LogP contribution in [0, 0.1) is 17.8 Å². The summed E-state index contributed by atoms with van der Waals surface area (Å²) in [6.45, 7) is 6.58. The molecule has 4 atom stereocenters. The highest BCUT2D eigenvalue weighted by molar-refractivity contribution is 6.06. The predicted molar refractivity (Wildman–Crippen MR) is 124 cm³/mol. The number of carbonyl (C=O) groups is 4. The number of hydrogen-bond acceptors (Lipinski definition) is 6. The number of rotatable bonds is 10. The van der Waals surface area contributed by atoms with E-state index in [1.807, 2.05) is 51.1 Å². The van der Waals surface area contributed by atoms with E-state index >= 15 is 0 Å². The van der Waals surface area contributed by atoms with Crippen molar-refractivity contribution in [3.8, 4) is 0 Å². The highest BCUT2D eigenvalue weighted by Crippen LogP contribution is 2.28. The van der Waals surface area contributed by atoms with Gasteiger partial charge in [0.25, 0.3) is 5.91 Å². The zero-order chi connectivity index (χ0) is 24.8. The number of carbonyl (C=O) groups excluding carboxylic acids is 4. The average Bonchev–Trinajstić information content (AvgIpc) is 3.06. The Morgan fingerprint density at radius 3 is 2.44 bits per heavy atom. The zero-order valence-electron chi connectivity index (χ0n) is 20.0. The molecule has 2 heterocycles. The van der Waals surface area contributed by atoms with Crippen LogP contribution < -0.4 is 16.2 Å². The van der Waals surface area contributed by atoms with Gasteiger partial charge in [0.1, 0.15) is 6.04 Å². The third kappa shape index (κ3) is 5.74. The van der Waals surface area contributed by atoms with E-state index in [9.17, 15) is 24.4 Å². The molecule has 1 aromatic carbocycles. The number of piperazine rings is 1. The van der Waals surface area contributed by atoms with Gasteiger partial charge < -0.3 is 10.2 Å². The van der Waals surface area contributed by atoms with Crippen molar-refractivity contribution >= 4 is 23.8 Å². The molecule has 0 spiro atoms. The minimum atomic E-state index is -0.823. The minimum Gasteiger partial charge on any atom is -0.312 e. The van der Waals surface area contributed by atoms with Crippen LogP contribution in [0.25, 0.3) is 0 Å². The lowest BCUT2D eigenvalue weighted by molar-refractivity contribution is -0.145. The van der Waals surface area contributed by atoms with Crippen molar-refractivity contribution < 1.29 is 24.4 Å². The van der Waals surface area contributed by atoms with Crippen LogP contribution in [0.15, 0.2) is 30.3 Å². The molecule has 2 saturated heterocycles. The van der Waals surface area contributed by atoms with Crippen molar-refractivity contribution in [1.29, 1.82) is 0 Å². The Balaban J connectivity index is 1.74.